The summed E-state index contributed by atoms with van der Waals surface area (Å²) in [5.41, 5.74) is 4.86. The minimum atomic E-state index is 0.0988. The maximum Gasteiger partial charge on any atom is 0.229 e. The van der Waals surface area contributed by atoms with E-state index in [1.807, 2.05) is 12.1 Å². The third kappa shape index (κ3) is 7.53. The molecular weight excluding hydrogens is 568 g/mol. The van der Waals surface area contributed by atoms with Crippen LogP contribution in [0.3, 0.4) is 0 Å². The Labute approximate surface area is 265 Å². The predicted molar refractivity (Wildman–Crippen MR) is 177 cm³/mol. The maximum atomic E-state index is 5.99. The lowest BCUT2D eigenvalue weighted by Gasteiger charge is -2.36. The molecule has 3 atom stereocenters. The summed E-state index contributed by atoms with van der Waals surface area (Å²) in [5, 5.41) is 4.63. The van der Waals surface area contributed by atoms with Gasteiger partial charge in [0, 0.05) is 57.0 Å². The molecule has 0 radical (unpaired) electrons. The highest BCUT2D eigenvalue weighted by molar-refractivity contribution is 5.90. The van der Waals surface area contributed by atoms with Gasteiger partial charge in [-0.3, -0.25) is 0 Å². The summed E-state index contributed by atoms with van der Waals surface area (Å²) < 4.78 is 22.9. The molecule has 2 fully saturated rings. The third-order valence-electron chi connectivity index (χ3n) is 8.39. The number of rotatable bonds is 11. The zero-order chi connectivity index (χ0) is 31.2. The molecule has 2 aromatic carbocycles. The molecule has 45 heavy (non-hydrogen) atoms. The highest BCUT2D eigenvalue weighted by Gasteiger charge is 2.27. The lowest BCUT2D eigenvalue weighted by Crippen LogP contribution is -2.46. The van der Waals surface area contributed by atoms with Crippen molar-refractivity contribution in [2.45, 2.75) is 45.1 Å². The summed E-state index contributed by atoms with van der Waals surface area (Å²) in [6, 6.07) is 21.0. The van der Waals surface area contributed by atoms with Gasteiger partial charge in [0.05, 0.1) is 50.2 Å². The number of morpholine rings is 2. The quantitative estimate of drug-likeness (QED) is 0.261. The summed E-state index contributed by atoms with van der Waals surface area (Å²) in [5.74, 6) is 2.43. The van der Waals surface area contributed by atoms with E-state index in [1.54, 1.807) is 14.2 Å². The minimum Gasteiger partial charge on any atom is -0.496 e. The Hall–Kier alpha value is -3.83. The number of methoxy groups -OCH3 is 2. The molecule has 10 nitrogen and oxygen atoms in total. The molecule has 2 aromatic heterocycles. The van der Waals surface area contributed by atoms with Crippen molar-refractivity contribution in [3.8, 4) is 17.0 Å². The van der Waals surface area contributed by atoms with Gasteiger partial charge in [-0.05, 0) is 56.2 Å². The van der Waals surface area contributed by atoms with Crippen molar-refractivity contribution in [1.82, 2.24) is 20.3 Å². The van der Waals surface area contributed by atoms with Crippen LogP contribution in [0.1, 0.15) is 25.0 Å². The maximum absolute atomic E-state index is 5.99. The fourth-order valence-electron chi connectivity index (χ4n) is 6.26. The van der Waals surface area contributed by atoms with Gasteiger partial charge >= 0.3 is 0 Å². The van der Waals surface area contributed by atoms with E-state index in [0.717, 1.165) is 66.4 Å². The second-order valence-corrected chi connectivity index (χ2v) is 11.9. The summed E-state index contributed by atoms with van der Waals surface area (Å²) in [6.45, 7) is 9.83. The Bertz CT molecular complexity index is 1560. The van der Waals surface area contributed by atoms with Crippen LogP contribution in [-0.4, -0.2) is 93.4 Å². The average Bonchev–Trinajstić information content (AvgIpc) is 3.07. The molecule has 4 aromatic rings. The van der Waals surface area contributed by atoms with Gasteiger partial charge in [0.25, 0.3) is 0 Å². The van der Waals surface area contributed by atoms with Gasteiger partial charge in [-0.1, -0.05) is 30.3 Å². The first-order chi connectivity index (χ1) is 22.0. The fourth-order valence-corrected chi connectivity index (χ4v) is 6.26. The molecule has 3 unspecified atom stereocenters. The van der Waals surface area contributed by atoms with Gasteiger partial charge in [-0.2, -0.15) is 9.97 Å². The molecule has 238 valence electrons. The third-order valence-corrected chi connectivity index (χ3v) is 8.39. The number of ether oxygens (including phenoxy) is 4. The lowest BCUT2D eigenvalue weighted by molar-refractivity contribution is -0.00570. The van der Waals surface area contributed by atoms with E-state index in [9.17, 15) is 0 Å². The topological polar surface area (TPSA) is 94.1 Å². The number of nitrogens with one attached hydrogen (secondary N) is 1. The van der Waals surface area contributed by atoms with E-state index in [1.165, 1.54) is 5.56 Å². The van der Waals surface area contributed by atoms with E-state index in [4.69, 9.17) is 33.9 Å². The van der Waals surface area contributed by atoms with E-state index in [-0.39, 0.29) is 18.2 Å². The predicted octanol–water partition coefficient (Wildman–Crippen LogP) is 4.50. The standard InChI is InChI=1S/C35H44N6O4/c1-24-21-41(22-25(2)45-24)35-38-33-30(34(39-35)40-14-16-44-17-15-40)11-12-31(37-33)27-10-13-32(43-4)28(19-27)20-36-29(23-42-3)18-26-8-6-5-7-9-26/h5-13,19,24-25,29,36H,14-18,20-23H2,1-4H3. The van der Waals surface area contributed by atoms with E-state index in [2.05, 4.69) is 77.5 Å². The highest BCUT2D eigenvalue weighted by Crippen LogP contribution is 2.31. The van der Waals surface area contributed by atoms with Crippen LogP contribution in [0, 0.1) is 0 Å². The largest absolute Gasteiger partial charge is 0.496 e. The molecule has 10 heteroatoms. The van der Waals surface area contributed by atoms with Crippen LogP contribution >= 0.6 is 0 Å². The van der Waals surface area contributed by atoms with Crippen molar-refractivity contribution >= 4 is 22.8 Å². The first-order valence-corrected chi connectivity index (χ1v) is 15.9. The first kappa shape index (κ1) is 31.2. The van der Waals surface area contributed by atoms with Gasteiger partial charge in [0.1, 0.15) is 11.6 Å². The number of hydrogen-bond donors (Lipinski definition) is 1. The van der Waals surface area contributed by atoms with Crippen molar-refractivity contribution in [3.05, 3.63) is 71.8 Å². The van der Waals surface area contributed by atoms with Gasteiger partial charge < -0.3 is 34.1 Å². The Balaban J connectivity index is 1.31. The van der Waals surface area contributed by atoms with E-state index in [0.29, 0.717) is 38.0 Å². The van der Waals surface area contributed by atoms with Gasteiger partial charge in [0.2, 0.25) is 5.95 Å². The number of benzene rings is 2. The summed E-state index contributed by atoms with van der Waals surface area (Å²) in [7, 11) is 3.45. The van der Waals surface area contributed by atoms with E-state index < -0.39 is 0 Å². The summed E-state index contributed by atoms with van der Waals surface area (Å²) >= 11 is 0. The van der Waals surface area contributed by atoms with Crippen molar-refractivity contribution in [2.75, 3.05) is 70.0 Å². The molecule has 0 aliphatic carbocycles. The normalized spacial score (nSPS) is 19.6. The monoisotopic (exact) mass is 612 g/mol. The molecule has 2 saturated heterocycles. The average molecular weight is 613 g/mol. The fraction of sp³-hybridized carbons (Fsp3) is 0.457. The van der Waals surface area contributed by atoms with Crippen molar-refractivity contribution in [2.24, 2.45) is 0 Å². The molecule has 2 aliphatic heterocycles. The zero-order valence-corrected chi connectivity index (χ0v) is 26.7. The molecule has 4 heterocycles. The van der Waals surface area contributed by atoms with Crippen molar-refractivity contribution in [3.63, 3.8) is 0 Å². The molecule has 0 amide bonds. The van der Waals surface area contributed by atoms with Crippen LogP contribution in [0.25, 0.3) is 22.3 Å². The number of anilines is 2. The molecule has 6 rings (SSSR count). The summed E-state index contributed by atoms with van der Waals surface area (Å²) in [6.07, 6.45) is 1.07. The SMILES string of the molecule is COCC(Cc1ccccc1)NCc1cc(-c2ccc3c(N4CCOCC4)nc(N4CC(C)OC(C)C4)nc3n2)ccc1OC. The zero-order valence-electron chi connectivity index (χ0n) is 26.7. The van der Waals surface area contributed by atoms with Gasteiger partial charge in [-0.15, -0.1) is 0 Å². The summed E-state index contributed by atoms with van der Waals surface area (Å²) in [4.78, 5) is 19.8. The molecule has 1 N–H and O–H groups in total. The van der Waals surface area contributed by atoms with Gasteiger partial charge in [0.15, 0.2) is 5.65 Å². The number of aromatic nitrogens is 3. The lowest BCUT2D eigenvalue weighted by atomic mass is 10.0. The van der Waals surface area contributed by atoms with Crippen LogP contribution in [0.2, 0.25) is 0 Å². The van der Waals surface area contributed by atoms with Gasteiger partial charge in [-0.25, -0.2) is 4.98 Å². The van der Waals surface area contributed by atoms with E-state index >= 15 is 0 Å². The molecule has 0 spiro atoms. The molecule has 0 bridgehead atoms. The number of nitrogens with zero attached hydrogens (tertiary/aromatic N) is 5. The molecule has 2 aliphatic rings. The number of pyridine rings is 1. The second kappa shape index (κ2) is 14.5. The Morgan fingerprint density at radius 3 is 2.42 bits per heavy atom. The Morgan fingerprint density at radius 1 is 0.911 bits per heavy atom. The second-order valence-electron chi connectivity index (χ2n) is 11.9. The van der Waals surface area contributed by atoms with Crippen molar-refractivity contribution in [1.29, 1.82) is 0 Å². The van der Waals surface area contributed by atoms with Crippen molar-refractivity contribution < 1.29 is 18.9 Å². The number of hydrogen-bond acceptors (Lipinski definition) is 10. The van der Waals surface area contributed by atoms with Crippen LogP contribution in [-0.2, 0) is 27.2 Å². The smallest absolute Gasteiger partial charge is 0.229 e. The Morgan fingerprint density at radius 2 is 1.69 bits per heavy atom. The molecular formula is C35H44N6O4. The first-order valence-electron chi connectivity index (χ1n) is 15.9. The molecule has 0 saturated carbocycles. The number of fused-ring (bicyclic) bond motifs is 1. The minimum absolute atomic E-state index is 0.0988. The van der Waals surface area contributed by atoms with Crippen LogP contribution in [0.15, 0.2) is 60.7 Å². The van der Waals surface area contributed by atoms with Crippen LogP contribution in [0.5, 0.6) is 5.75 Å². The van der Waals surface area contributed by atoms with Crippen LogP contribution < -0.4 is 19.9 Å². The Kier molecular flexibility index (Phi) is 10.0. The van der Waals surface area contributed by atoms with Crippen LogP contribution in [0.4, 0.5) is 11.8 Å². The highest BCUT2D eigenvalue weighted by atomic mass is 16.5.